The summed E-state index contributed by atoms with van der Waals surface area (Å²) >= 11 is 0. The molecule has 0 N–H and O–H groups in total. The van der Waals surface area contributed by atoms with E-state index in [4.69, 9.17) is 4.42 Å². The zero-order valence-electron chi connectivity index (χ0n) is 30.6. The van der Waals surface area contributed by atoms with E-state index in [2.05, 4.69) is 205 Å². The Kier molecular flexibility index (Phi) is 7.53. The van der Waals surface area contributed by atoms with Gasteiger partial charge in [0.05, 0.1) is 5.69 Å². The summed E-state index contributed by atoms with van der Waals surface area (Å²) < 4.78 is 6.15. The van der Waals surface area contributed by atoms with Crippen LogP contribution >= 0.6 is 0 Å². The van der Waals surface area contributed by atoms with E-state index in [1.807, 2.05) is 12.1 Å². The van der Waals surface area contributed by atoms with Crippen molar-refractivity contribution in [2.24, 2.45) is 0 Å². The fraction of sp³-hybridized carbons (Fsp3) is 0. The van der Waals surface area contributed by atoms with Crippen molar-refractivity contribution in [3.05, 3.63) is 212 Å². The Bertz CT molecular complexity index is 3260. The zero-order valence-corrected chi connectivity index (χ0v) is 30.6. The van der Waals surface area contributed by atoms with Gasteiger partial charge in [-0.2, -0.15) is 0 Å². The smallest absolute Gasteiger partial charge is 0.135 e. The third-order valence-electron chi connectivity index (χ3n) is 11.2. The van der Waals surface area contributed by atoms with Crippen LogP contribution < -0.4 is 4.90 Å². The van der Waals surface area contributed by atoms with E-state index < -0.39 is 0 Å². The summed E-state index contributed by atoms with van der Waals surface area (Å²) in [6.07, 6.45) is 0. The highest BCUT2D eigenvalue weighted by Crippen LogP contribution is 2.45. The van der Waals surface area contributed by atoms with Crippen molar-refractivity contribution >= 4 is 71.3 Å². The lowest BCUT2D eigenvalue weighted by atomic mass is 9.93. The summed E-state index contributed by atoms with van der Waals surface area (Å²) in [4.78, 5) is 2.42. The third-order valence-corrected chi connectivity index (χ3v) is 11.2. The largest absolute Gasteiger partial charge is 0.456 e. The molecule has 0 aliphatic rings. The number of anilines is 3. The van der Waals surface area contributed by atoms with Gasteiger partial charge in [-0.05, 0) is 115 Å². The summed E-state index contributed by atoms with van der Waals surface area (Å²) in [7, 11) is 0. The average molecular weight is 714 g/mol. The molecule has 0 radical (unpaired) electrons. The molecule has 0 saturated heterocycles. The lowest BCUT2D eigenvalue weighted by Crippen LogP contribution is -2.11. The SMILES string of the molecule is c1cc(-c2cc3ccccc3c3ccccc23)cc(N(c2ccc(-c3ccc4oc5ccccc5c4c3)cc2)c2ccccc2-c2cccc3ccccc23)c1. The minimum atomic E-state index is 0.905. The second-order valence-corrected chi connectivity index (χ2v) is 14.5. The van der Waals surface area contributed by atoms with Crippen LogP contribution in [0.2, 0.25) is 0 Å². The van der Waals surface area contributed by atoms with Crippen LogP contribution in [0.4, 0.5) is 17.1 Å². The van der Waals surface area contributed by atoms with Crippen LogP contribution in [0.25, 0.3) is 87.6 Å². The molecular formula is C54H35NO. The first kappa shape index (κ1) is 32.0. The Balaban J connectivity index is 1.09. The number of para-hydroxylation sites is 2. The maximum Gasteiger partial charge on any atom is 0.135 e. The van der Waals surface area contributed by atoms with Crippen LogP contribution in [-0.2, 0) is 0 Å². The van der Waals surface area contributed by atoms with Crippen molar-refractivity contribution in [2.45, 2.75) is 0 Å². The molecule has 1 heterocycles. The van der Waals surface area contributed by atoms with Crippen molar-refractivity contribution in [1.82, 2.24) is 0 Å². The van der Waals surface area contributed by atoms with Gasteiger partial charge in [-0.25, -0.2) is 0 Å². The molecule has 0 saturated carbocycles. The van der Waals surface area contributed by atoms with Crippen molar-refractivity contribution in [3.8, 4) is 33.4 Å². The van der Waals surface area contributed by atoms with Crippen molar-refractivity contribution in [2.75, 3.05) is 4.90 Å². The summed E-state index contributed by atoms with van der Waals surface area (Å²) in [5, 5.41) is 9.75. The van der Waals surface area contributed by atoms with Gasteiger partial charge in [0.1, 0.15) is 11.2 Å². The number of fused-ring (bicyclic) bond motifs is 7. The number of rotatable bonds is 6. The van der Waals surface area contributed by atoms with E-state index in [1.165, 1.54) is 54.6 Å². The Hall–Kier alpha value is -7.42. The van der Waals surface area contributed by atoms with Gasteiger partial charge in [0.15, 0.2) is 0 Å². The van der Waals surface area contributed by atoms with E-state index in [-0.39, 0.29) is 0 Å². The molecule has 0 aliphatic heterocycles. The molecule has 10 aromatic carbocycles. The molecule has 2 heteroatoms. The molecule has 262 valence electrons. The normalized spacial score (nSPS) is 11.6. The maximum atomic E-state index is 6.15. The summed E-state index contributed by atoms with van der Waals surface area (Å²) in [6, 6.07) is 76.7. The first-order chi connectivity index (χ1) is 27.8. The first-order valence-electron chi connectivity index (χ1n) is 19.2. The second-order valence-electron chi connectivity index (χ2n) is 14.5. The van der Waals surface area contributed by atoms with Crippen LogP contribution in [0.15, 0.2) is 217 Å². The van der Waals surface area contributed by atoms with Crippen molar-refractivity contribution in [3.63, 3.8) is 0 Å². The number of nitrogens with zero attached hydrogens (tertiary/aromatic N) is 1. The Labute approximate surface area is 325 Å². The quantitative estimate of drug-likeness (QED) is 0.160. The highest BCUT2D eigenvalue weighted by Gasteiger charge is 2.20. The monoisotopic (exact) mass is 713 g/mol. The van der Waals surface area contributed by atoms with Gasteiger partial charge >= 0.3 is 0 Å². The molecule has 0 amide bonds. The van der Waals surface area contributed by atoms with Crippen LogP contribution in [0.5, 0.6) is 0 Å². The first-order valence-corrected chi connectivity index (χ1v) is 19.2. The molecule has 56 heavy (non-hydrogen) atoms. The van der Waals surface area contributed by atoms with Gasteiger partial charge < -0.3 is 9.32 Å². The maximum absolute atomic E-state index is 6.15. The second kappa shape index (κ2) is 13.2. The minimum absolute atomic E-state index is 0.905. The van der Waals surface area contributed by atoms with Crippen LogP contribution in [0.3, 0.4) is 0 Å². The molecule has 0 spiro atoms. The summed E-state index contributed by atoms with van der Waals surface area (Å²) in [6.45, 7) is 0. The fourth-order valence-electron chi connectivity index (χ4n) is 8.60. The molecule has 0 atom stereocenters. The number of benzene rings is 10. The molecule has 1 aromatic heterocycles. The van der Waals surface area contributed by atoms with Gasteiger partial charge in [-0.1, -0.05) is 158 Å². The highest BCUT2D eigenvalue weighted by molar-refractivity contribution is 6.14. The van der Waals surface area contributed by atoms with Gasteiger partial charge in [0.25, 0.3) is 0 Å². The van der Waals surface area contributed by atoms with E-state index in [9.17, 15) is 0 Å². The van der Waals surface area contributed by atoms with E-state index >= 15 is 0 Å². The van der Waals surface area contributed by atoms with Gasteiger partial charge in [-0.15, -0.1) is 0 Å². The molecule has 11 aromatic rings. The molecule has 0 aliphatic carbocycles. The minimum Gasteiger partial charge on any atom is -0.456 e. The standard InChI is InChI=1S/C54H35NO/c1-3-18-43-37(13-1)15-12-24-46(43)48-22-7-9-25-52(48)55(41-30-27-36(28-31-41)38-29-32-54-51(34-38)49-23-8-10-26-53(49)56-54)42-17-11-16-39(33-42)50-35-40-14-2-4-19-44(40)45-20-5-6-21-47(45)50/h1-35H. The summed E-state index contributed by atoms with van der Waals surface area (Å²) in [5.74, 6) is 0. The van der Waals surface area contributed by atoms with Crippen molar-refractivity contribution < 1.29 is 4.42 Å². The molecular weight excluding hydrogens is 679 g/mol. The topological polar surface area (TPSA) is 16.4 Å². The number of hydrogen-bond acceptors (Lipinski definition) is 2. The molecule has 0 fully saturated rings. The van der Waals surface area contributed by atoms with E-state index in [0.717, 1.165) is 50.1 Å². The van der Waals surface area contributed by atoms with Crippen LogP contribution in [0, 0.1) is 0 Å². The Morgan fingerprint density at radius 3 is 1.79 bits per heavy atom. The lowest BCUT2D eigenvalue weighted by Gasteiger charge is -2.29. The van der Waals surface area contributed by atoms with E-state index in [0.29, 0.717) is 0 Å². The number of furan rings is 1. The third kappa shape index (κ3) is 5.34. The predicted molar refractivity (Wildman–Crippen MR) is 237 cm³/mol. The molecule has 0 unspecified atom stereocenters. The molecule has 11 rings (SSSR count). The molecule has 2 nitrogen and oxygen atoms in total. The van der Waals surface area contributed by atoms with Gasteiger partial charge in [-0.3, -0.25) is 0 Å². The highest BCUT2D eigenvalue weighted by atomic mass is 16.3. The van der Waals surface area contributed by atoms with Crippen LogP contribution in [0.1, 0.15) is 0 Å². The van der Waals surface area contributed by atoms with Gasteiger partial charge in [0.2, 0.25) is 0 Å². The van der Waals surface area contributed by atoms with Gasteiger partial charge in [0, 0.05) is 27.7 Å². The van der Waals surface area contributed by atoms with Crippen LogP contribution in [-0.4, -0.2) is 0 Å². The Morgan fingerprint density at radius 1 is 0.286 bits per heavy atom. The average Bonchev–Trinajstić information content (AvgIpc) is 3.65. The Morgan fingerprint density at radius 2 is 0.911 bits per heavy atom. The fourth-order valence-corrected chi connectivity index (χ4v) is 8.60. The predicted octanol–water partition coefficient (Wildman–Crippen LogP) is 15.5. The van der Waals surface area contributed by atoms with Crippen molar-refractivity contribution in [1.29, 1.82) is 0 Å². The zero-order chi connectivity index (χ0) is 37.0. The summed E-state index contributed by atoms with van der Waals surface area (Å²) in [5.41, 5.74) is 12.2. The number of hydrogen-bond donors (Lipinski definition) is 0. The molecule has 0 bridgehead atoms. The lowest BCUT2D eigenvalue weighted by molar-refractivity contribution is 0.669. The van der Waals surface area contributed by atoms with E-state index in [1.54, 1.807) is 0 Å².